The normalized spacial score (nSPS) is 11.3. The predicted octanol–water partition coefficient (Wildman–Crippen LogP) is 3.21. The van der Waals surface area contributed by atoms with Crippen molar-refractivity contribution in [2.45, 2.75) is 6.54 Å². The quantitative estimate of drug-likeness (QED) is 0.474. The van der Waals surface area contributed by atoms with Crippen molar-refractivity contribution in [2.24, 2.45) is 0 Å². The number of anilines is 2. The van der Waals surface area contributed by atoms with Gasteiger partial charge < -0.3 is 11.1 Å². The van der Waals surface area contributed by atoms with Gasteiger partial charge in [-0.1, -0.05) is 0 Å². The second-order valence-corrected chi connectivity index (χ2v) is 6.61. The second-order valence-electron chi connectivity index (χ2n) is 6.61. The summed E-state index contributed by atoms with van der Waals surface area (Å²) in [5, 5.41) is 16.0. The minimum Gasteiger partial charge on any atom is -0.397 e. The summed E-state index contributed by atoms with van der Waals surface area (Å²) in [5.41, 5.74) is 9.62. The molecule has 148 valence electrons. The number of fused-ring (bicyclic) bond motifs is 2. The first kappa shape index (κ1) is 17.9. The minimum absolute atomic E-state index is 0.292. The van der Waals surface area contributed by atoms with E-state index >= 15 is 0 Å². The molecule has 0 amide bonds. The molecule has 4 heterocycles. The van der Waals surface area contributed by atoms with E-state index in [1.54, 1.807) is 36.7 Å². The van der Waals surface area contributed by atoms with Crippen molar-refractivity contribution in [3.05, 3.63) is 72.3 Å². The average molecular weight is 404 g/mol. The van der Waals surface area contributed by atoms with Gasteiger partial charge in [-0.3, -0.25) is 9.97 Å². The van der Waals surface area contributed by atoms with E-state index in [9.17, 15) is 8.78 Å². The van der Waals surface area contributed by atoms with E-state index < -0.39 is 11.6 Å². The Kier molecular flexibility index (Phi) is 4.16. The van der Waals surface area contributed by atoms with Gasteiger partial charge in [0.15, 0.2) is 11.5 Å². The van der Waals surface area contributed by atoms with Crippen LogP contribution in [0.1, 0.15) is 5.82 Å². The molecule has 3 N–H and O–H groups in total. The Bertz CT molecular complexity index is 1380. The van der Waals surface area contributed by atoms with Gasteiger partial charge >= 0.3 is 0 Å². The molecule has 5 rings (SSSR count). The highest BCUT2D eigenvalue weighted by Crippen LogP contribution is 2.22. The molecular weight excluding hydrogens is 390 g/mol. The van der Waals surface area contributed by atoms with Crippen LogP contribution in [0.25, 0.3) is 27.9 Å². The summed E-state index contributed by atoms with van der Waals surface area (Å²) >= 11 is 0. The zero-order chi connectivity index (χ0) is 20.7. The van der Waals surface area contributed by atoms with Gasteiger partial charge in [0.2, 0.25) is 0 Å². The molecule has 30 heavy (non-hydrogen) atoms. The van der Waals surface area contributed by atoms with Gasteiger partial charge in [-0.2, -0.15) is 9.61 Å². The van der Waals surface area contributed by atoms with E-state index in [0.717, 1.165) is 11.8 Å². The van der Waals surface area contributed by atoms with Crippen LogP contribution >= 0.6 is 0 Å². The molecule has 0 unspecified atom stereocenters. The van der Waals surface area contributed by atoms with Gasteiger partial charge in [0.25, 0.3) is 0 Å². The van der Waals surface area contributed by atoms with Crippen LogP contribution in [0.5, 0.6) is 0 Å². The molecule has 0 aliphatic heterocycles. The Hall–Kier alpha value is -4.21. The zero-order valence-electron chi connectivity index (χ0n) is 15.4. The molecule has 1 aromatic carbocycles. The molecule has 4 aromatic heterocycles. The van der Waals surface area contributed by atoms with Crippen LogP contribution in [0.2, 0.25) is 0 Å². The van der Waals surface area contributed by atoms with E-state index in [-0.39, 0.29) is 0 Å². The molecule has 0 saturated heterocycles. The maximum atomic E-state index is 13.6. The third-order valence-electron chi connectivity index (χ3n) is 4.52. The largest absolute Gasteiger partial charge is 0.397 e. The van der Waals surface area contributed by atoms with E-state index in [2.05, 4.69) is 30.6 Å². The number of nitrogens with one attached hydrogen (secondary N) is 1. The van der Waals surface area contributed by atoms with Crippen LogP contribution in [0.15, 0.2) is 54.9 Å². The van der Waals surface area contributed by atoms with E-state index in [0.29, 0.717) is 46.0 Å². The van der Waals surface area contributed by atoms with Crippen molar-refractivity contribution in [3.8, 4) is 11.3 Å². The number of halogens is 2. The second kappa shape index (κ2) is 6.99. The topological polar surface area (TPSA) is 107 Å². The first-order valence-electron chi connectivity index (χ1n) is 8.99. The van der Waals surface area contributed by atoms with E-state index in [4.69, 9.17) is 5.73 Å². The molecule has 0 spiro atoms. The molecule has 0 bridgehead atoms. The first-order chi connectivity index (χ1) is 14.6. The number of hydrogen-bond acceptors (Lipinski definition) is 7. The Morgan fingerprint density at radius 1 is 0.967 bits per heavy atom. The monoisotopic (exact) mass is 404 g/mol. The Labute approximate surface area is 168 Å². The van der Waals surface area contributed by atoms with Gasteiger partial charge in [-0.25, -0.2) is 8.78 Å². The van der Waals surface area contributed by atoms with Crippen LogP contribution in [0.3, 0.4) is 0 Å². The van der Waals surface area contributed by atoms with Crippen LogP contribution in [-0.4, -0.2) is 29.8 Å². The van der Waals surface area contributed by atoms with Crippen molar-refractivity contribution in [3.63, 3.8) is 0 Å². The minimum atomic E-state index is -0.671. The first-order valence-corrected chi connectivity index (χ1v) is 8.99. The number of benzene rings is 1. The number of rotatable bonds is 4. The molecule has 5 aromatic rings. The predicted molar refractivity (Wildman–Crippen MR) is 107 cm³/mol. The highest BCUT2D eigenvalue weighted by atomic mass is 19.1. The molecule has 8 nitrogen and oxygen atoms in total. The van der Waals surface area contributed by atoms with Gasteiger partial charge in [0, 0.05) is 17.8 Å². The fourth-order valence-electron chi connectivity index (χ4n) is 3.16. The fraction of sp³-hybridized carbons (Fsp3) is 0.0500. The highest BCUT2D eigenvalue weighted by Gasteiger charge is 2.11. The summed E-state index contributed by atoms with van der Waals surface area (Å²) in [4.78, 5) is 8.60. The summed E-state index contributed by atoms with van der Waals surface area (Å²) in [6.45, 7) is 0.292. The standard InChI is InChI=1S/C20H14F2N8/c21-12-5-11(6-13(22)7-12)15-1-2-18-27-28-19(30(18)29-15)10-25-16-3-4-24-17-8-14(23)9-26-20(16)17/h1-9H,10,23H2,(H,24,25). The number of hydrogen-bond donors (Lipinski definition) is 2. The number of nitrogens with two attached hydrogens (primary N) is 1. The lowest BCUT2D eigenvalue weighted by atomic mass is 10.1. The van der Waals surface area contributed by atoms with Crippen molar-refractivity contribution >= 4 is 28.1 Å². The van der Waals surface area contributed by atoms with Gasteiger partial charge in [-0.15, -0.1) is 10.2 Å². The lowest BCUT2D eigenvalue weighted by Gasteiger charge is -2.08. The highest BCUT2D eigenvalue weighted by molar-refractivity contribution is 5.88. The van der Waals surface area contributed by atoms with Gasteiger partial charge in [0.05, 0.1) is 35.3 Å². The van der Waals surface area contributed by atoms with E-state index in [1.165, 1.54) is 16.6 Å². The lowest BCUT2D eigenvalue weighted by molar-refractivity contribution is 0.584. The van der Waals surface area contributed by atoms with Crippen molar-refractivity contribution in [1.82, 2.24) is 29.8 Å². The van der Waals surface area contributed by atoms with E-state index in [1.807, 2.05) is 0 Å². The summed E-state index contributed by atoms with van der Waals surface area (Å²) < 4.78 is 28.7. The fourth-order valence-corrected chi connectivity index (χ4v) is 3.16. The Balaban J connectivity index is 1.48. The molecule has 0 atom stereocenters. The maximum Gasteiger partial charge on any atom is 0.178 e. The Morgan fingerprint density at radius 2 is 1.80 bits per heavy atom. The van der Waals surface area contributed by atoms with Crippen molar-refractivity contribution in [2.75, 3.05) is 11.1 Å². The molecule has 10 heteroatoms. The van der Waals surface area contributed by atoms with Crippen LogP contribution in [-0.2, 0) is 6.54 Å². The smallest absolute Gasteiger partial charge is 0.178 e. The molecular formula is C20H14F2N8. The average Bonchev–Trinajstić information content (AvgIpc) is 3.13. The summed E-state index contributed by atoms with van der Waals surface area (Å²) in [7, 11) is 0. The summed E-state index contributed by atoms with van der Waals surface area (Å²) in [6.07, 6.45) is 3.22. The number of nitrogen functional groups attached to an aromatic ring is 1. The summed E-state index contributed by atoms with van der Waals surface area (Å²) in [5.74, 6) is -0.824. The molecule has 0 aliphatic rings. The SMILES string of the molecule is Nc1cnc2c(NCc3nnc4ccc(-c5cc(F)cc(F)c5)nn34)ccnc2c1. The lowest BCUT2D eigenvalue weighted by Crippen LogP contribution is -2.07. The molecule has 0 saturated carbocycles. The third kappa shape index (κ3) is 3.24. The van der Waals surface area contributed by atoms with Gasteiger partial charge in [-0.05, 0) is 36.4 Å². The van der Waals surface area contributed by atoms with Crippen molar-refractivity contribution < 1.29 is 8.78 Å². The molecule has 0 fully saturated rings. The number of aromatic nitrogens is 6. The maximum absolute atomic E-state index is 13.6. The third-order valence-corrected chi connectivity index (χ3v) is 4.52. The van der Waals surface area contributed by atoms with Crippen molar-refractivity contribution in [1.29, 1.82) is 0 Å². The number of nitrogens with zero attached hydrogens (tertiary/aromatic N) is 6. The molecule has 0 radical (unpaired) electrons. The summed E-state index contributed by atoms with van der Waals surface area (Å²) in [6, 6.07) is 10.1. The molecule has 0 aliphatic carbocycles. The van der Waals surface area contributed by atoms with Crippen LogP contribution < -0.4 is 11.1 Å². The van der Waals surface area contributed by atoms with Crippen LogP contribution in [0, 0.1) is 11.6 Å². The Morgan fingerprint density at radius 3 is 2.63 bits per heavy atom. The number of pyridine rings is 2. The van der Waals surface area contributed by atoms with Crippen LogP contribution in [0.4, 0.5) is 20.2 Å². The van der Waals surface area contributed by atoms with Gasteiger partial charge in [0.1, 0.15) is 17.2 Å². The zero-order valence-corrected chi connectivity index (χ0v) is 15.4.